The Kier molecular flexibility index (Phi) is 6.91. The maximum Gasteiger partial charge on any atom is 0.270 e. The van der Waals surface area contributed by atoms with Gasteiger partial charge in [0.1, 0.15) is 11.6 Å². The monoisotopic (exact) mass is 472 g/mol. The average Bonchev–Trinajstić information content (AvgIpc) is 2.88. The molecule has 176 valence electrons. The molecule has 3 N–H and O–H groups in total. The van der Waals surface area contributed by atoms with Gasteiger partial charge in [-0.15, -0.1) is 0 Å². The quantitative estimate of drug-likeness (QED) is 0.171. The van der Waals surface area contributed by atoms with Crippen LogP contribution in [0.25, 0.3) is 22.5 Å². The molecule has 0 saturated carbocycles. The minimum Gasteiger partial charge on any atom is -0.497 e. The lowest BCUT2D eigenvalue weighted by atomic mass is 10.1. The standard InChI is InChI=1S/C25H21FN6O3/c1-35-21-11-7-17(8-12-21)22-14-23(18-3-2-4-20(13-18)32(33)34)30-25(29-22)31-24(27)28-15-16-5-9-19(26)10-6-16/h2-14H,15H2,1H3,(H3,27,28,29,30,31). The Morgan fingerprint density at radius 2 is 1.71 bits per heavy atom. The van der Waals surface area contributed by atoms with Crippen molar-refractivity contribution in [3.63, 3.8) is 0 Å². The third-order valence-corrected chi connectivity index (χ3v) is 5.05. The Bertz CT molecular complexity index is 1380. The van der Waals surface area contributed by atoms with Crippen LogP contribution in [0, 0.1) is 15.9 Å². The molecule has 0 amide bonds. The van der Waals surface area contributed by atoms with Gasteiger partial charge >= 0.3 is 0 Å². The molecule has 3 aromatic carbocycles. The van der Waals surface area contributed by atoms with E-state index in [1.807, 2.05) is 12.1 Å². The molecule has 10 heteroatoms. The highest BCUT2D eigenvalue weighted by molar-refractivity contribution is 5.91. The van der Waals surface area contributed by atoms with Crippen LogP contribution in [0.3, 0.4) is 0 Å². The fourth-order valence-electron chi connectivity index (χ4n) is 3.26. The van der Waals surface area contributed by atoms with Crippen LogP contribution in [0.4, 0.5) is 16.0 Å². The number of methoxy groups -OCH3 is 1. The lowest BCUT2D eigenvalue weighted by Gasteiger charge is -2.11. The third-order valence-electron chi connectivity index (χ3n) is 5.05. The Balaban J connectivity index is 1.68. The molecule has 0 unspecified atom stereocenters. The van der Waals surface area contributed by atoms with Crippen molar-refractivity contribution >= 4 is 17.6 Å². The van der Waals surface area contributed by atoms with Crippen molar-refractivity contribution < 1.29 is 14.1 Å². The van der Waals surface area contributed by atoms with Crippen molar-refractivity contribution in [1.82, 2.24) is 9.97 Å². The van der Waals surface area contributed by atoms with E-state index >= 15 is 0 Å². The molecule has 0 spiro atoms. The number of benzene rings is 3. The minimum absolute atomic E-state index is 0.0537. The van der Waals surface area contributed by atoms with Crippen molar-refractivity contribution in [1.29, 1.82) is 0 Å². The van der Waals surface area contributed by atoms with Crippen LogP contribution < -0.4 is 15.8 Å². The fourth-order valence-corrected chi connectivity index (χ4v) is 3.26. The van der Waals surface area contributed by atoms with Gasteiger partial charge < -0.3 is 10.5 Å². The van der Waals surface area contributed by atoms with Gasteiger partial charge in [0.15, 0.2) is 5.96 Å². The molecule has 0 atom stereocenters. The van der Waals surface area contributed by atoms with E-state index < -0.39 is 4.92 Å². The fraction of sp³-hybridized carbons (Fsp3) is 0.0800. The van der Waals surface area contributed by atoms with Crippen molar-refractivity contribution in [3.05, 3.63) is 100 Å². The van der Waals surface area contributed by atoms with Crippen LogP contribution in [0.2, 0.25) is 0 Å². The number of hydrogen-bond acceptors (Lipinski definition) is 6. The smallest absolute Gasteiger partial charge is 0.270 e. The van der Waals surface area contributed by atoms with Crippen LogP contribution in [-0.4, -0.2) is 28.0 Å². The number of halogens is 1. The highest BCUT2D eigenvalue weighted by atomic mass is 19.1. The summed E-state index contributed by atoms with van der Waals surface area (Å²) in [6.45, 7) is 0.231. The zero-order valence-corrected chi connectivity index (χ0v) is 18.7. The van der Waals surface area contributed by atoms with E-state index in [1.165, 1.54) is 24.3 Å². The number of anilines is 1. The molecular weight excluding hydrogens is 451 g/mol. The van der Waals surface area contributed by atoms with Crippen LogP contribution >= 0.6 is 0 Å². The number of nitrogens with zero attached hydrogens (tertiary/aromatic N) is 4. The van der Waals surface area contributed by atoms with E-state index in [4.69, 9.17) is 10.5 Å². The SMILES string of the molecule is COc1ccc(-c2cc(-c3cccc([N+](=O)[O-])c3)nc(NC(N)=NCc3ccc(F)cc3)n2)cc1. The number of ether oxygens (including phenoxy) is 1. The third kappa shape index (κ3) is 5.93. The first-order valence-electron chi connectivity index (χ1n) is 10.5. The number of nitro benzene ring substituents is 1. The summed E-state index contributed by atoms with van der Waals surface area (Å²) in [7, 11) is 1.58. The number of non-ortho nitro benzene ring substituents is 1. The second kappa shape index (κ2) is 10.4. The summed E-state index contributed by atoms with van der Waals surface area (Å²) in [5.41, 5.74) is 9.12. The van der Waals surface area contributed by atoms with E-state index in [0.717, 1.165) is 11.1 Å². The number of rotatable bonds is 7. The normalized spacial score (nSPS) is 11.2. The van der Waals surface area contributed by atoms with Gasteiger partial charge in [-0.3, -0.25) is 15.4 Å². The Morgan fingerprint density at radius 3 is 2.37 bits per heavy atom. The minimum atomic E-state index is -0.464. The van der Waals surface area contributed by atoms with Gasteiger partial charge in [0.2, 0.25) is 5.95 Å². The molecule has 0 aliphatic rings. The predicted molar refractivity (Wildman–Crippen MR) is 131 cm³/mol. The molecule has 1 aromatic heterocycles. The number of nitrogens with one attached hydrogen (secondary N) is 1. The van der Waals surface area contributed by atoms with Crippen molar-refractivity contribution in [3.8, 4) is 28.3 Å². The summed E-state index contributed by atoms with van der Waals surface area (Å²) >= 11 is 0. The molecule has 0 fully saturated rings. The number of aliphatic imine (C=N–C) groups is 1. The Hall–Kier alpha value is -4.86. The van der Waals surface area contributed by atoms with Gasteiger partial charge in [-0.2, -0.15) is 0 Å². The average molecular weight is 472 g/mol. The molecule has 4 rings (SSSR count). The van der Waals surface area contributed by atoms with Gasteiger partial charge in [0.05, 0.1) is 30.0 Å². The zero-order valence-electron chi connectivity index (χ0n) is 18.7. The maximum atomic E-state index is 13.1. The molecule has 0 aliphatic carbocycles. The van der Waals surface area contributed by atoms with E-state index in [9.17, 15) is 14.5 Å². The van der Waals surface area contributed by atoms with Crippen LogP contribution in [0.5, 0.6) is 5.75 Å². The Morgan fingerprint density at radius 1 is 1.03 bits per heavy atom. The lowest BCUT2D eigenvalue weighted by molar-refractivity contribution is -0.384. The maximum absolute atomic E-state index is 13.1. The van der Waals surface area contributed by atoms with Gasteiger partial charge in [-0.1, -0.05) is 24.3 Å². The number of guanidine groups is 1. The molecule has 1 heterocycles. The molecule has 0 radical (unpaired) electrons. The van der Waals surface area contributed by atoms with E-state index in [0.29, 0.717) is 22.7 Å². The zero-order chi connectivity index (χ0) is 24.8. The number of aromatic nitrogens is 2. The first-order valence-corrected chi connectivity index (χ1v) is 10.5. The van der Waals surface area contributed by atoms with Crippen molar-refractivity contribution in [2.75, 3.05) is 12.4 Å². The van der Waals surface area contributed by atoms with Gasteiger partial charge in [0, 0.05) is 23.3 Å². The molecule has 35 heavy (non-hydrogen) atoms. The number of nitro groups is 1. The second-order valence-corrected chi connectivity index (χ2v) is 7.45. The molecule has 0 bridgehead atoms. The largest absolute Gasteiger partial charge is 0.497 e. The van der Waals surface area contributed by atoms with Crippen LogP contribution in [-0.2, 0) is 6.54 Å². The first kappa shape index (κ1) is 23.3. The van der Waals surface area contributed by atoms with E-state index in [1.54, 1.807) is 49.6 Å². The Labute approximate surface area is 200 Å². The van der Waals surface area contributed by atoms with Gasteiger partial charge in [-0.25, -0.2) is 19.4 Å². The highest BCUT2D eigenvalue weighted by Crippen LogP contribution is 2.28. The van der Waals surface area contributed by atoms with Gasteiger partial charge in [-0.05, 0) is 48.0 Å². The van der Waals surface area contributed by atoms with Crippen LogP contribution in [0.15, 0.2) is 83.9 Å². The molecular formula is C25H21FN6O3. The number of nitrogens with two attached hydrogens (primary N) is 1. The lowest BCUT2D eigenvalue weighted by Crippen LogP contribution is -2.24. The predicted octanol–water partition coefficient (Wildman–Crippen LogP) is 4.79. The van der Waals surface area contributed by atoms with E-state index in [-0.39, 0.29) is 30.0 Å². The summed E-state index contributed by atoms with van der Waals surface area (Å²) in [5.74, 6) is 0.588. The van der Waals surface area contributed by atoms with Crippen molar-refractivity contribution in [2.24, 2.45) is 10.7 Å². The molecule has 4 aromatic rings. The summed E-state index contributed by atoms with van der Waals surface area (Å²) in [6.07, 6.45) is 0. The molecule has 9 nitrogen and oxygen atoms in total. The highest BCUT2D eigenvalue weighted by Gasteiger charge is 2.13. The van der Waals surface area contributed by atoms with Gasteiger partial charge in [0.25, 0.3) is 5.69 Å². The summed E-state index contributed by atoms with van der Waals surface area (Å²) in [6, 6.07) is 21.1. The summed E-state index contributed by atoms with van der Waals surface area (Å²) in [4.78, 5) is 24.1. The number of hydrogen-bond donors (Lipinski definition) is 2. The topological polar surface area (TPSA) is 129 Å². The summed E-state index contributed by atoms with van der Waals surface area (Å²) in [5, 5.41) is 14.1. The van der Waals surface area contributed by atoms with Crippen molar-refractivity contribution in [2.45, 2.75) is 6.54 Å². The van der Waals surface area contributed by atoms with Crippen LogP contribution in [0.1, 0.15) is 5.56 Å². The molecule has 0 saturated heterocycles. The van der Waals surface area contributed by atoms with E-state index in [2.05, 4.69) is 20.3 Å². The summed E-state index contributed by atoms with van der Waals surface area (Å²) < 4.78 is 18.3. The molecule has 0 aliphatic heterocycles. The first-order chi connectivity index (χ1) is 16.9. The second-order valence-electron chi connectivity index (χ2n) is 7.45.